The summed E-state index contributed by atoms with van der Waals surface area (Å²) in [4.78, 5) is 0. The molecule has 0 spiro atoms. The smallest absolute Gasteiger partial charge is 0.124 e. The van der Waals surface area contributed by atoms with Crippen LogP contribution in [0.3, 0.4) is 0 Å². The molecule has 1 unspecified atom stereocenters. The number of hydrogen-bond acceptors (Lipinski definition) is 3. The number of benzene rings is 2. The van der Waals surface area contributed by atoms with Gasteiger partial charge in [0.2, 0.25) is 0 Å². The molecule has 3 nitrogen and oxygen atoms in total. The fourth-order valence-electron chi connectivity index (χ4n) is 2.00. The summed E-state index contributed by atoms with van der Waals surface area (Å²) in [7, 11) is 3.17. The zero-order chi connectivity index (χ0) is 14.7. The van der Waals surface area contributed by atoms with Crippen molar-refractivity contribution in [2.45, 2.75) is 6.04 Å². The van der Waals surface area contributed by atoms with E-state index in [2.05, 4.69) is 15.9 Å². The summed E-state index contributed by atoms with van der Waals surface area (Å²) in [6.07, 6.45) is 0. The Morgan fingerprint density at radius 3 is 2.40 bits per heavy atom. The molecule has 0 radical (unpaired) electrons. The molecule has 1 atom stereocenters. The van der Waals surface area contributed by atoms with Crippen molar-refractivity contribution in [3.8, 4) is 11.5 Å². The van der Waals surface area contributed by atoms with Crippen LogP contribution in [0.15, 0.2) is 40.9 Å². The van der Waals surface area contributed by atoms with Crippen molar-refractivity contribution in [2.75, 3.05) is 14.2 Å². The quantitative estimate of drug-likeness (QED) is 0.924. The van der Waals surface area contributed by atoms with E-state index in [0.29, 0.717) is 16.0 Å². The lowest BCUT2D eigenvalue weighted by Gasteiger charge is -2.18. The Bertz CT molecular complexity index is 619. The van der Waals surface area contributed by atoms with Crippen LogP contribution in [-0.4, -0.2) is 14.2 Å². The minimum absolute atomic E-state index is 0.314. The monoisotopic (exact) mass is 339 g/mol. The highest BCUT2D eigenvalue weighted by Crippen LogP contribution is 2.34. The highest BCUT2D eigenvalue weighted by atomic mass is 79.9. The molecule has 0 amide bonds. The summed E-state index contributed by atoms with van der Waals surface area (Å²) >= 11 is 3.34. The topological polar surface area (TPSA) is 44.5 Å². The highest BCUT2D eigenvalue weighted by molar-refractivity contribution is 9.10. The van der Waals surface area contributed by atoms with Crippen LogP contribution in [0.4, 0.5) is 4.39 Å². The molecule has 5 heteroatoms. The second-order valence-corrected chi connectivity index (χ2v) is 5.11. The van der Waals surface area contributed by atoms with Crippen LogP contribution < -0.4 is 15.2 Å². The van der Waals surface area contributed by atoms with Gasteiger partial charge < -0.3 is 15.2 Å². The van der Waals surface area contributed by atoms with Gasteiger partial charge in [0.15, 0.2) is 0 Å². The minimum atomic E-state index is -0.449. The van der Waals surface area contributed by atoms with Gasteiger partial charge in [0.1, 0.15) is 17.3 Å². The zero-order valence-electron chi connectivity index (χ0n) is 11.2. The van der Waals surface area contributed by atoms with Crippen molar-refractivity contribution in [2.24, 2.45) is 5.73 Å². The number of ether oxygens (including phenoxy) is 2. The van der Waals surface area contributed by atoms with E-state index in [0.717, 1.165) is 11.1 Å². The van der Waals surface area contributed by atoms with Gasteiger partial charge >= 0.3 is 0 Å². The third-order valence-corrected chi connectivity index (χ3v) is 3.76. The maximum absolute atomic E-state index is 13.2. The average Bonchev–Trinajstić information content (AvgIpc) is 2.46. The summed E-state index contributed by atoms with van der Waals surface area (Å²) < 4.78 is 24.3. The molecule has 20 heavy (non-hydrogen) atoms. The van der Waals surface area contributed by atoms with E-state index in [1.54, 1.807) is 32.4 Å². The van der Waals surface area contributed by atoms with E-state index in [9.17, 15) is 4.39 Å². The first kappa shape index (κ1) is 14.8. The van der Waals surface area contributed by atoms with Gasteiger partial charge in [0, 0.05) is 10.0 Å². The van der Waals surface area contributed by atoms with Gasteiger partial charge in [-0.15, -0.1) is 0 Å². The Kier molecular flexibility index (Phi) is 4.62. The van der Waals surface area contributed by atoms with Crippen LogP contribution in [0.2, 0.25) is 0 Å². The van der Waals surface area contributed by atoms with Crippen molar-refractivity contribution < 1.29 is 13.9 Å². The predicted octanol–water partition coefficient (Wildman–Crippen LogP) is 3.65. The van der Waals surface area contributed by atoms with Gasteiger partial charge in [-0.3, -0.25) is 0 Å². The molecule has 0 aromatic heterocycles. The fourth-order valence-corrected chi connectivity index (χ4v) is 2.60. The molecule has 0 aliphatic heterocycles. The highest BCUT2D eigenvalue weighted by Gasteiger charge is 2.17. The Balaban J connectivity index is 2.48. The van der Waals surface area contributed by atoms with Crippen molar-refractivity contribution in [3.63, 3.8) is 0 Å². The number of methoxy groups -OCH3 is 2. The molecule has 2 aromatic carbocycles. The SMILES string of the molecule is COc1ccc(OC)c(C(N)c2ccc(F)cc2Br)c1. The standard InChI is InChI=1S/C15H15BrFNO2/c1-19-10-4-6-14(20-2)12(8-10)15(18)11-5-3-9(17)7-13(11)16/h3-8,15H,18H2,1-2H3. The van der Waals surface area contributed by atoms with Crippen molar-refractivity contribution >= 4 is 15.9 Å². The van der Waals surface area contributed by atoms with E-state index in [-0.39, 0.29) is 5.82 Å². The first-order valence-corrected chi connectivity index (χ1v) is 6.78. The molecule has 2 rings (SSSR count). The van der Waals surface area contributed by atoms with E-state index in [1.165, 1.54) is 12.1 Å². The molecule has 0 saturated heterocycles. The molecule has 2 aromatic rings. The van der Waals surface area contributed by atoms with Crippen molar-refractivity contribution in [3.05, 3.63) is 57.8 Å². The van der Waals surface area contributed by atoms with Crippen molar-refractivity contribution in [1.29, 1.82) is 0 Å². The molecular formula is C15H15BrFNO2. The lowest BCUT2D eigenvalue weighted by atomic mass is 9.98. The normalized spacial score (nSPS) is 12.1. The van der Waals surface area contributed by atoms with Gasteiger partial charge in [0.25, 0.3) is 0 Å². The average molecular weight is 340 g/mol. The van der Waals surface area contributed by atoms with Gasteiger partial charge in [-0.2, -0.15) is 0 Å². The number of nitrogens with two attached hydrogens (primary N) is 1. The van der Waals surface area contributed by atoms with Crippen LogP contribution in [0.1, 0.15) is 17.2 Å². The number of rotatable bonds is 4. The largest absolute Gasteiger partial charge is 0.497 e. The van der Waals surface area contributed by atoms with Gasteiger partial charge in [-0.1, -0.05) is 22.0 Å². The molecule has 0 bridgehead atoms. The zero-order valence-corrected chi connectivity index (χ0v) is 12.8. The molecule has 0 aliphatic rings. The molecule has 0 fully saturated rings. The second-order valence-electron chi connectivity index (χ2n) is 4.25. The second kappa shape index (κ2) is 6.24. The van der Waals surface area contributed by atoms with E-state index in [1.807, 2.05) is 6.07 Å². The maximum Gasteiger partial charge on any atom is 0.124 e. The Labute approximate surface area is 125 Å². The van der Waals surface area contributed by atoms with Crippen LogP contribution in [0, 0.1) is 5.82 Å². The van der Waals surface area contributed by atoms with Crippen LogP contribution in [0.5, 0.6) is 11.5 Å². The van der Waals surface area contributed by atoms with E-state index in [4.69, 9.17) is 15.2 Å². The number of halogens is 2. The Morgan fingerprint density at radius 2 is 1.80 bits per heavy atom. The first-order valence-electron chi connectivity index (χ1n) is 5.99. The molecule has 106 valence electrons. The van der Waals surface area contributed by atoms with Gasteiger partial charge in [-0.05, 0) is 35.9 Å². The minimum Gasteiger partial charge on any atom is -0.497 e. The Hall–Kier alpha value is -1.59. The van der Waals surface area contributed by atoms with E-state index >= 15 is 0 Å². The molecule has 0 heterocycles. The lowest BCUT2D eigenvalue weighted by molar-refractivity contribution is 0.397. The summed E-state index contributed by atoms with van der Waals surface area (Å²) in [5.74, 6) is 1.04. The van der Waals surface area contributed by atoms with E-state index < -0.39 is 6.04 Å². The molecule has 2 N–H and O–H groups in total. The predicted molar refractivity (Wildman–Crippen MR) is 79.7 cm³/mol. The van der Waals surface area contributed by atoms with Gasteiger partial charge in [-0.25, -0.2) is 4.39 Å². The fraction of sp³-hybridized carbons (Fsp3) is 0.200. The number of hydrogen-bond donors (Lipinski definition) is 1. The molecule has 0 saturated carbocycles. The van der Waals surface area contributed by atoms with Gasteiger partial charge in [0.05, 0.1) is 20.3 Å². The summed E-state index contributed by atoms with van der Waals surface area (Å²) in [5, 5.41) is 0. The summed E-state index contributed by atoms with van der Waals surface area (Å²) in [6, 6.07) is 9.40. The van der Waals surface area contributed by atoms with Crippen LogP contribution in [0.25, 0.3) is 0 Å². The maximum atomic E-state index is 13.2. The summed E-state index contributed by atoms with van der Waals surface area (Å²) in [5.41, 5.74) is 7.83. The molecule has 0 aliphatic carbocycles. The third kappa shape index (κ3) is 2.94. The Morgan fingerprint density at radius 1 is 1.05 bits per heavy atom. The third-order valence-electron chi connectivity index (χ3n) is 3.07. The first-order chi connectivity index (χ1) is 9.56. The van der Waals surface area contributed by atoms with Crippen molar-refractivity contribution in [1.82, 2.24) is 0 Å². The van der Waals surface area contributed by atoms with Crippen LogP contribution in [-0.2, 0) is 0 Å². The molecular weight excluding hydrogens is 325 g/mol. The summed E-state index contributed by atoms with van der Waals surface area (Å²) in [6.45, 7) is 0. The van der Waals surface area contributed by atoms with Crippen LogP contribution >= 0.6 is 15.9 Å². The lowest BCUT2D eigenvalue weighted by Crippen LogP contribution is -2.14.